The second-order valence-corrected chi connectivity index (χ2v) is 7.72. The molecule has 2 aliphatic heterocycles. The minimum Gasteiger partial charge on any atom is -0.454 e. The fourth-order valence-corrected chi connectivity index (χ4v) is 4.33. The van der Waals surface area contributed by atoms with Crippen LogP contribution in [0.3, 0.4) is 0 Å². The molecule has 2 aromatic carbocycles. The monoisotopic (exact) mass is 441 g/mol. The molecule has 0 atom stereocenters. The number of fused-ring (bicyclic) bond motifs is 3. The molecular formula is C19H11ClF3NO4S. The van der Waals surface area contributed by atoms with Crippen LogP contribution in [0.25, 0.3) is 10.9 Å². The Kier molecular flexibility index (Phi) is 4.32. The highest BCUT2D eigenvalue weighted by atomic mass is 35.5. The minimum absolute atomic E-state index is 0.0305. The van der Waals surface area contributed by atoms with Crippen molar-refractivity contribution in [1.82, 2.24) is 4.98 Å². The average Bonchev–Trinajstić information content (AvgIpc) is 3.31. The molecule has 0 unspecified atom stereocenters. The SMILES string of the molecule is FC(F)(F)c1cc(SCc2cc3c(cc2Cl)OCO3)nc2cc3c(cc12)OCO3. The first-order chi connectivity index (χ1) is 13.9. The zero-order valence-corrected chi connectivity index (χ0v) is 16.1. The number of rotatable bonds is 3. The van der Waals surface area contributed by atoms with Crippen molar-refractivity contribution in [3.05, 3.63) is 46.5 Å². The molecule has 0 amide bonds. The Bertz CT molecular complexity index is 1140. The van der Waals surface area contributed by atoms with E-state index in [0.717, 1.165) is 17.8 Å². The van der Waals surface area contributed by atoms with E-state index in [-0.39, 0.29) is 35.3 Å². The van der Waals surface area contributed by atoms with E-state index in [1.807, 2.05) is 0 Å². The van der Waals surface area contributed by atoms with Crippen LogP contribution in [0.1, 0.15) is 11.1 Å². The van der Waals surface area contributed by atoms with Gasteiger partial charge in [-0.3, -0.25) is 0 Å². The number of pyridine rings is 1. The summed E-state index contributed by atoms with van der Waals surface area (Å²) in [5.74, 6) is 2.06. The van der Waals surface area contributed by atoms with Crippen LogP contribution in [0.5, 0.6) is 23.0 Å². The van der Waals surface area contributed by atoms with Crippen LogP contribution in [-0.4, -0.2) is 18.6 Å². The molecule has 10 heteroatoms. The second-order valence-electron chi connectivity index (χ2n) is 6.31. The molecule has 5 rings (SSSR count). The number of hydrogen-bond acceptors (Lipinski definition) is 6. The van der Waals surface area contributed by atoms with Crippen LogP contribution in [0.15, 0.2) is 35.4 Å². The minimum atomic E-state index is -4.54. The Hall–Kier alpha value is -2.52. The normalized spacial score (nSPS) is 14.6. The lowest BCUT2D eigenvalue weighted by Gasteiger charge is -2.13. The molecular weight excluding hydrogens is 431 g/mol. The molecule has 0 radical (unpaired) electrons. The Morgan fingerprint density at radius 3 is 2.21 bits per heavy atom. The van der Waals surface area contributed by atoms with E-state index < -0.39 is 11.7 Å². The third kappa shape index (κ3) is 3.38. The lowest BCUT2D eigenvalue weighted by molar-refractivity contribution is -0.136. The first-order valence-electron chi connectivity index (χ1n) is 8.41. The summed E-state index contributed by atoms with van der Waals surface area (Å²) in [6, 6.07) is 7.17. The van der Waals surface area contributed by atoms with Gasteiger partial charge in [-0.15, -0.1) is 11.8 Å². The maximum atomic E-state index is 13.7. The van der Waals surface area contributed by atoms with Crippen LogP contribution in [0, 0.1) is 0 Å². The zero-order valence-electron chi connectivity index (χ0n) is 14.5. The van der Waals surface area contributed by atoms with Crippen LogP contribution in [-0.2, 0) is 11.9 Å². The average molecular weight is 442 g/mol. The molecule has 3 aromatic rings. The summed E-state index contributed by atoms with van der Waals surface area (Å²) in [6.07, 6.45) is -4.54. The van der Waals surface area contributed by atoms with Crippen molar-refractivity contribution >= 4 is 34.3 Å². The Labute approximate surface area is 171 Å². The van der Waals surface area contributed by atoms with Crippen molar-refractivity contribution in [1.29, 1.82) is 0 Å². The van der Waals surface area contributed by atoms with Gasteiger partial charge in [0.05, 0.1) is 16.1 Å². The summed E-state index contributed by atoms with van der Waals surface area (Å²) in [6.45, 7) is 0.0801. The Morgan fingerprint density at radius 1 is 0.897 bits per heavy atom. The number of benzene rings is 2. The quantitative estimate of drug-likeness (QED) is 0.489. The number of hydrogen-bond donors (Lipinski definition) is 0. The molecule has 150 valence electrons. The van der Waals surface area contributed by atoms with E-state index in [1.54, 1.807) is 12.1 Å². The van der Waals surface area contributed by atoms with Gasteiger partial charge in [0.25, 0.3) is 0 Å². The van der Waals surface area contributed by atoms with Crippen molar-refractivity contribution in [2.24, 2.45) is 0 Å². The highest BCUT2D eigenvalue weighted by molar-refractivity contribution is 7.98. The van der Waals surface area contributed by atoms with Crippen molar-refractivity contribution in [2.45, 2.75) is 17.0 Å². The van der Waals surface area contributed by atoms with E-state index in [9.17, 15) is 13.2 Å². The highest BCUT2D eigenvalue weighted by Gasteiger charge is 2.34. The number of ether oxygens (including phenoxy) is 4. The predicted octanol–water partition coefficient (Wildman–Crippen LogP) is 5.66. The first-order valence-corrected chi connectivity index (χ1v) is 9.77. The number of nitrogens with zero attached hydrogens (tertiary/aromatic N) is 1. The standard InChI is InChI=1S/C19H11ClF3NO4S/c20-12-4-16-14(25-7-27-16)1-9(12)6-29-18-3-11(19(21,22)23)10-2-15-17(28-8-26-15)5-13(10)24-18/h1-5H,6-8H2. The lowest BCUT2D eigenvalue weighted by Crippen LogP contribution is -2.07. The smallest absolute Gasteiger partial charge is 0.417 e. The van der Waals surface area contributed by atoms with E-state index in [4.69, 9.17) is 30.5 Å². The van der Waals surface area contributed by atoms with Crippen molar-refractivity contribution in [3.63, 3.8) is 0 Å². The lowest BCUT2D eigenvalue weighted by atomic mass is 10.1. The third-order valence-electron chi connectivity index (χ3n) is 4.50. The molecule has 0 saturated carbocycles. The maximum Gasteiger partial charge on any atom is 0.417 e. The van der Waals surface area contributed by atoms with Gasteiger partial charge in [-0.05, 0) is 23.8 Å². The van der Waals surface area contributed by atoms with Crippen molar-refractivity contribution < 1.29 is 32.1 Å². The van der Waals surface area contributed by atoms with Gasteiger partial charge in [-0.2, -0.15) is 13.2 Å². The molecule has 0 N–H and O–H groups in total. The predicted molar refractivity (Wildman–Crippen MR) is 100 cm³/mol. The number of alkyl halides is 3. The van der Waals surface area contributed by atoms with Gasteiger partial charge in [-0.1, -0.05) is 11.6 Å². The maximum absolute atomic E-state index is 13.7. The molecule has 29 heavy (non-hydrogen) atoms. The Balaban J connectivity index is 1.51. The molecule has 0 saturated heterocycles. The van der Waals surface area contributed by atoms with E-state index in [0.29, 0.717) is 33.6 Å². The third-order valence-corrected chi connectivity index (χ3v) is 5.81. The summed E-state index contributed by atoms with van der Waals surface area (Å²) in [4.78, 5) is 4.37. The van der Waals surface area contributed by atoms with Gasteiger partial charge >= 0.3 is 6.18 Å². The first kappa shape index (κ1) is 18.5. The number of halogens is 4. The van der Waals surface area contributed by atoms with E-state index >= 15 is 0 Å². The summed E-state index contributed by atoms with van der Waals surface area (Å²) in [7, 11) is 0. The summed E-state index contributed by atoms with van der Waals surface area (Å²) in [5, 5.41) is 0.631. The van der Waals surface area contributed by atoms with Crippen LogP contribution in [0.4, 0.5) is 13.2 Å². The van der Waals surface area contributed by atoms with E-state index in [1.165, 1.54) is 12.1 Å². The number of aromatic nitrogens is 1. The molecule has 2 aliphatic rings. The molecule has 5 nitrogen and oxygen atoms in total. The van der Waals surface area contributed by atoms with Crippen molar-refractivity contribution in [3.8, 4) is 23.0 Å². The molecule has 0 aliphatic carbocycles. The molecule has 0 spiro atoms. The van der Waals surface area contributed by atoms with Gasteiger partial charge in [0.1, 0.15) is 0 Å². The van der Waals surface area contributed by atoms with Crippen molar-refractivity contribution in [2.75, 3.05) is 13.6 Å². The van der Waals surface area contributed by atoms with Gasteiger partial charge in [0.15, 0.2) is 23.0 Å². The molecule has 0 bridgehead atoms. The molecule has 1 aromatic heterocycles. The summed E-state index contributed by atoms with van der Waals surface area (Å²) >= 11 is 7.40. The molecule has 3 heterocycles. The van der Waals surface area contributed by atoms with Gasteiger partial charge in [-0.25, -0.2) is 4.98 Å². The molecule has 0 fully saturated rings. The van der Waals surface area contributed by atoms with E-state index in [2.05, 4.69) is 4.98 Å². The topological polar surface area (TPSA) is 49.8 Å². The fourth-order valence-electron chi connectivity index (χ4n) is 3.12. The van der Waals surface area contributed by atoms with Crippen LogP contribution >= 0.6 is 23.4 Å². The largest absolute Gasteiger partial charge is 0.454 e. The number of thioether (sulfide) groups is 1. The fraction of sp³-hybridized carbons (Fsp3) is 0.211. The summed E-state index contributed by atoms with van der Waals surface area (Å²) in [5.41, 5.74) is 0.116. The van der Waals surface area contributed by atoms with Gasteiger partial charge in [0.2, 0.25) is 13.6 Å². The van der Waals surface area contributed by atoms with Crippen LogP contribution in [0.2, 0.25) is 5.02 Å². The highest BCUT2D eigenvalue weighted by Crippen LogP contribution is 2.43. The Morgan fingerprint density at radius 2 is 1.52 bits per heavy atom. The van der Waals surface area contributed by atoms with Crippen LogP contribution < -0.4 is 18.9 Å². The second kappa shape index (κ2) is 6.77. The van der Waals surface area contributed by atoms with Gasteiger partial charge < -0.3 is 18.9 Å². The van der Waals surface area contributed by atoms with Gasteiger partial charge in [0, 0.05) is 28.3 Å². The zero-order chi connectivity index (χ0) is 20.2. The summed E-state index contributed by atoms with van der Waals surface area (Å²) < 4.78 is 62.1.